The second kappa shape index (κ2) is 5.85. The zero-order chi connectivity index (χ0) is 13.1. The fourth-order valence-corrected chi connectivity index (χ4v) is 2.87. The third kappa shape index (κ3) is 3.12. The van der Waals surface area contributed by atoms with E-state index in [-0.39, 0.29) is 5.91 Å². The highest BCUT2D eigenvalue weighted by Gasteiger charge is 2.15. The number of nitrogens with one attached hydrogen (secondary N) is 1. The molecule has 4 nitrogen and oxygen atoms in total. The number of nitrogens with two attached hydrogens (primary N) is 1. The van der Waals surface area contributed by atoms with E-state index >= 15 is 0 Å². The van der Waals surface area contributed by atoms with Crippen molar-refractivity contribution in [1.82, 2.24) is 9.69 Å². The number of hydrogen-bond donors (Lipinski definition) is 2. The number of anilines is 1. The third-order valence-electron chi connectivity index (χ3n) is 2.23. The van der Waals surface area contributed by atoms with E-state index in [2.05, 4.69) is 9.69 Å². The number of aromatic nitrogens is 1. The number of nitrogens with zero attached hydrogens (tertiary/aromatic N) is 1. The van der Waals surface area contributed by atoms with Crippen LogP contribution in [0.4, 0.5) is 5.82 Å². The molecule has 18 heavy (non-hydrogen) atoms. The number of rotatable bonds is 3. The van der Waals surface area contributed by atoms with Gasteiger partial charge in [0.15, 0.2) is 5.82 Å². The van der Waals surface area contributed by atoms with E-state index in [1.165, 1.54) is 0 Å². The van der Waals surface area contributed by atoms with E-state index in [1.807, 2.05) is 34.7 Å². The van der Waals surface area contributed by atoms with Gasteiger partial charge in [0.05, 0.1) is 3.57 Å². The molecule has 0 radical (unpaired) electrons. The lowest BCUT2D eigenvalue weighted by molar-refractivity contribution is 0.0954. The van der Waals surface area contributed by atoms with Crippen molar-refractivity contribution >= 4 is 57.4 Å². The molecule has 1 aromatic carbocycles. The lowest BCUT2D eigenvalue weighted by atomic mass is 10.2. The first-order chi connectivity index (χ1) is 8.58. The number of nitrogen functional groups attached to an aromatic ring is 1. The van der Waals surface area contributed by atoms with Crippen molar-refractivity contribution in [2.75, 3.05) is 5.73 Å². The van der Waals surface area contributed by atoms with Crippen LogP contribution in [0.1, 0.15) is 15.2 Å². The Morgan fingerprint density at radius 2 is 2.11 bits per heavy atom. The molecule has 1 aromatic heterocycles. The van der Waals surface area contributed by atoms with Crippen molar-refractivity contribution < 1.29 is 4.79 Å². The minimum atomic E-state index is -0.163. The first-order valence-electron chi connectivity index (χ1n) is 5.01. The molecule has 2 aromatic rings. The Balaban J connectivity index is 2.00. The highest BCUT2D eigenvalue weighted by atomic mass is 127. The maximum absolute atomic E-state index is 11.9. The van der Waals surface area contributed by atoms with Crippen LogP contribution in [0.25, 0.3) is 0 Å². The van der Waals surface area contributed by atoms with Crippen LogP contribution in [-0.4, -0.2) is 10.3 Å². The van der Waals surface area contributed by atoms with Crippen molar-refractivity contribution in [3.63, 3.8) is 0 Å². The van der Waals surface area contributed by atoms with Crippen LogP contribution in [-0.2, 0) is 6.54 Å². The first-order valence-corrected chi connectivity index (χ1v) is 7.24. The summed E-state index contributed by atoms with van der Waals surface area (Å²) in [4.78, 5) is 12.4. The summed E-state index contributed by atoms with van der Waals surface area (Å²) in [6, 6.07) is 7.32. The molecule has 0 saturated heterocycles. The van der Waals surface area contributed by atoms with Crippen molar-refractivity contribution in [2.24, 2.45) is 0 Å². The summed E-state index contributed by atoms with van der Waals surface area (Å²) in [5.74, 6) is 0.237. The quantitative estimate of drug-likeness (QED) is 0.788. The molecule has 0 aliphatic carbocycles. The Hall–Kier alpha value is -0.860. The Morgan fingerprint density at radius 3 is 2.67 bits per heavy atom. The van der Waals surface area contributed by atoms with E-state index < -0.39 is 0 Å². The van der Waals surface area contributed by atoms with Gasteiger partial charge >= 0.3 is 0 Å². The first kappa shape index (κ1) is 13.6. The van der Waals surface area contributed by atoms with Crippen LogP contribution in [0.3, 0.4) is 0 Å². The molecule has 0 fully saturated rings. The molecule has 1 heterocycles. The molecule has 7 heteroatoms. The normalized spacial score (nSPS) is 10.3. The smallest absolute Gasteiger partial charge is 0.264 e. The SMILES string of the molecule is Nc1nsc(C(=O)NCc2ccc(Cl)cc2)c1I. The molecule has 0 aliphatic rings. The topological polar surface area (TPSA) is 68.0 Å². The molecule has 94 valence electrons. The largest absolute Gasteiger partial charge is 0.382 e. The van der Waals surface area contributed by atoms with Crippen LogP contribution in [0.2, 0.25) is 5.02 Å². The summed E-state index contributed by atoms with van der Waals surface area (Å²) < 4.78 is 4.64. The van der Waals surface area contributed by atoms with E-state index in [4.69, 9.17) is 17.3 Å². The van der Waals surface area contributed by atoms with Gasteiger partial charge in [-0.15, -0.1) is 0 Å². The van der Waals surface area contributed by atoms with Gasteiger partial charge in [-0.3, -0.25) is 4.79 Å². The monoisotopic (exact) mass is 393 g/mol. The lowest BCUT2D eigenvalue weighted by Gasteiger charge is -2.04. The van der Waals surface area contributed by atoms with Gasteiger partial charge in [-0.1, -0.05) is 23.7 Å². The van der Waals surface area contributed by atoms with Gasteiger partial charge in [-0.25, -0.2) is 0 Å². The molecular weight excluding hydrogens is 385 g/mol. The predicted molar refractivity (Wildman–Crippen MR) is 81.9 cm³/mol. The van der Waals surface area contributed by atoms with E-state index in [0.29, 0.717) is 25.8 Å². The minimum absolute atomic E-state index is 0.163. The molecule has 0 bridgehead atoms. The third-order valence-corrected chi connectivity index (χ3v) is 4.80. The Morgan fingerprint density at radius 1 is 1.44 bits per heavy atom. The number of amides is 1. The predicted octanol–water partition coefficient (Wildman–Crippen LogP) is 2.91. The van der Waals surface area contributed by atoms with Crippen molar-refractivity contribution in [2.45, 2.75) is 6.54 Å². The molecule has 0 atom stereocenters. The summed E-state index contributed by atoms with van der Waals surface area (Å²) in [5, 5.41) is 3.49. The highest BCUT2D eigenvalue weighted by Crippen LogP contribution is 2.22. The molecule has 2 rings (SSSR count). The maximum Gasteiger partial charge on any atom is 0.264 e. The maximum atomic E-state index is 11.9. The summed E-state index contributed by atoms with van der Waals surface area (Å²) in [6.45, 7) is 0.448. The molecule has 0 aliphatic heterocycles. The van der Waals surface area contributed by atoms with Gasteiger partial charge in [-0.05, 0) is 51.8 Å². The van der Waals surface area contributed by atoms with Gasteiger partial charge in [0, 0.05) is 11.6 Å². The van der Waals surface area contributed by atoms with Gasteiger partial charge in [-0.2, -0.15) is 4.37 Å². The molecular formula is C11H9ClIN3OS. The van der Waals surface area contributed by atoms with E-state index in [9.17, 15) is 4.79 Å². The van der Waals surface area contributed by atoms with Crippen molar-refractivity contribution in [3.05, 3.63) is 43.3 Å². The molecule has 0 saturated carbocycles. The van der Waals surface area contributed by atoms with Crippen molar-refractivity contribution in [1.29, 1.82) is 0 Å². The van der Waals surface area contributed by atoms with E-state index in [0.717, 1.165) is 17.1 Å². The van der Waals surface area contributed by atoms with Gasteiger partial charge in [0.1, 0.15) is 4.88 Å². The molecule has 1 amide bonds. The zero-order valence-electron chi connectivity index (χ0n) is 9.11. The average molecular weight is 394 g/mol. The van der Waals surface area contributed by atoms with Crippen LogP contribution < -0.4 is 11.1 Å². The molecule has 0 spiro atoms. The highest BCUT2D eigenvalue weighted by molar-refractivity contribution is 14.1. The number of carbonyl (C=O) groups is 1. The lowest BCUT2D eigenvalue weighted by Crippen LogP contribution is -2.22. The van der Waals surface area contributed by atoms with Crippen LogP contribution in [0, 0.1) is 3.57 Å². The molecule has 3 N–H and O–H groups in total. The Bertz CT molecular complexity index is 570. The number of benzene rings is 1. The second-order valence-electron chi connectivity index (χ2n) is 3.52. The number of carbonyl (C=O) groups excluding carboxylic acids is 1. The number of hydrogen-bond acceptors (Lipinski definition) is 4. The van der Waals surface area contributed by atoms with Crippen LogP contribution >= 0.6 is 45.7 Å². The van der Waals surface area contributed by atoms with Crippen LogP contribution in [0.5, 0.6) is 0 Å². The van der Waals surface area contributed by atoms with Crippen molar-refractivity contribution in [3.8, 4) is 0 Å². The fourth-order valence-electron chi connectivity index (χ4n) is 1.30. The Labute approximate surface area is 127 Å². The summed E-state index contributed by atoms with van der Waals surface area (Å²) in [5.41, 5.74) is 6.59. The standard InChI is InChI=1S/C11H9ClIN3OS/c12-7-3-1-6(2-4-7)5-15-11(17)9-8(13)10(14)16-18-9/h1-4H,5H2,(H2,14,16)(H,15,17). The van der Waals surface area contributed by atoms with Gasteiger partial charge in [0.2, 0.25) is 0 Å². The summed E-state index contributed by atoms with van der Waals surface area (Å²) in [7, 11) is 0. The zero-order valence-corrected chi connectivity index (χ0v) is 12.8. The van der Waals surface area contributed by atoms with Gasteiger partial charge < -0.3 is 11.1 Å². The van der Waals surface area contributed by atoms with E-state index in [1.54, 1.807) is 12.1 Å². The van der Waals surface area contributed by atoms with Gasteiger partial charge in [0.25, 0.3) is 5.91 Å². The summed E-state index contributed by atoms with van der Waals surface area (Å²) >= 11 is 8.91. The summed E-state index contributed by atoms with van der Waals surface area (Å²) in [6.07, 6.45) is 0. The fraction of sp³-hybridized carbons (Fsp3) is 0.0909. The molecule has 0 unspecified atom stereocenters. The average Bonchev–Trinajstić information content (AvgIpc) is 2.69. The second-order valence-corrected chi connectivity index (χ2v) is 5.81. The van der Waals surface area contributed by atoms with Crippen LogP contribution in [0.15, 0.2) is 24.3 Å². The Kier molecular flexibility index (Phi) is 4.41. The minimum Gasteiger partial charge on any atom is -0.382 e. The number of halogens is 2.